The predicted octanol–water partition coefficient (Wildman–Crippen LogP) is 2.04. The van der Waals surface area contributed by atoms with Gasteiger partial charge >= 0.3 is 0 Å². The molecule has 6 nitrogen and oxygen atoms in total. The highest BCUT2D eigenvalue weighted by Gasteiger charge is 2.12. The van der Waals surface area contributed by atoms with Gasteiger partial charge in [0.1, 0.15) is 5.69 Å². The van der Waals surface area contributed by atoms with Crippen LogP contribution in [0.5, 0.6) is 0 Å². The number of aromatic nitrogens is 3. The van der Waals surface area contributed by atoms with Crippen LogP contribution < -0.4 is 5.32 Å². The normalized spacial score (nSPS) is 11.2. The van der Waals surface area contributed by atoms with E-state index in [1.165, 1.54) is 0 Å². The van der Waals surface area contributed by atoms with E-state index in [2.05, 4.69) is 22.3 Å². The van der Waals surface area contributed by atoms with Gasteiger partial charge in [-0.25, -0.2) is 4.98 Å². The van der Waals surface area contributed by atoms with Crippen molar-refractivity contribution in [1.29, 1.82) is 0 Å². The largest absolute Gasteiger partial charge is 0.439 e. The van der Waals surface area contributed by atoms with E-state index in [0.717, 1.165) is 62.1 Å². The molecule has 0 aliphatic rings. The fourth-order valence-electron chi connectivity index (χ4n) is 2.19. The van der Waals surface area contributed by atoms with Gasteiger partial charge in [0.15, 0.2) is 11.7 Å². The van der Waals surface area contributed by atoms with Crippen LogP contribution in [0.3, 0.4) is 0 Å². The number of oxazole rings is 1. The van der Waals surface area contributed by atoms with Crippen LogP contribution in [0.1, 0.15) is 24.9 Å². The number of aryl methyl sites for hydroxylation is 3. The van der Waals surface area contributed by atoms with Gasteiger partial charge in [-0.3, -0.25) is 4.68 Å². The number of hydrogen-bond acceptors (Lipinski definition) is 5. The summed E-state index contributed by atoms with van der Waals surface area (Å²) >= 11 is 0. The zero-order valence-corrected chi connectivity index (χ0v) is 13.1. The molecule has 1 N–H and O–H groups in total. The molecule has 2 rings (SSSR count). The highest BCUT2D eigenvalue weighted by molar-refractivity contribution is 5.51. The first-order valence-electron chi connectivity index (χ1n) is 7.43. The van der Waals surface area contributed by atoms with E-state index in [-0.39, 0.29) is 0 Å². The van der Waals surface area contributed by atoms with Crippen molar-refractivity contribution in [3.05, 3.63) is 23.8 Å². The van der Waals surface area contributed by atoms with Crippen LogP contribution in [0.4, 0.5) is 0 Å². The van der Waals surface area contributed by atoms with Crippen molar-refractivity contribution in [3.63, 3.8) is 0 Å². The Labute approximate surface area is 125 Å². The summed E-state index contributed by atoms with van der Waals surface area (Å²) in [5.41, 5.74) is 1.99. The fourth-order valence-corrected chi connectivity index (χ4v) is 2.19. The first-order valence-corrected chi connectivity index (χ1v) is 7.43. The molecule has 0 saturated carbocycles. The summed E-state index contributed by atoms with van der Waals surface area (Å²) in [5, 5.41) is 7.73. The Bertz CT molecular complexity index is 548. The maximum atomic E-state index is 5.83. The molecule has 21 heavy (non-hydrogen) atoms. The monoisotopic (exact) mass is 292 g/mol. The van der Waals surface area contributed by atoms with Gasteiger partial charge in [0.05, 0.1) is 18.5 Å². The Balaban J connectivity index is 1.86. The predicted molar refractivity (Wildman–Crippen MR) is 81.2 cm³/mol. The lowest BCUT2D eigenvalue weighted by molar-refractivity contribution is 0.199. The average molecular weight is 292 g/mol. The third-order valence-electron chi connectivity index (χ3n) is 3.23. The Morgan fingerprint density at radius 2 is 2.24 bits per heavy atom. The molecule has 0 amide bonds. The van der Waals surface area contributed by atoms with Crippen LogP contribution in [0, 0.1) is 6.92 Å². The van der Waals surface area contributed by atoms with Crippen LogP contribution in [-0.4, -0.2) is 41.6 Å². The maximum Gasteiger partial charge on any atom is 0.195 e. The van der Waals surface area contributed by atoms with Crippen LogP contribution in [0.15, 0.2) is 16.7 Å². The molecule has 0 bridgehead atoms. The Hall–Kier alpha value is -1.66. The number of ether oxygens (including phenoxy) is 1. The summed E-state index contributed by atoms with van der Waals surface area (Å²) in [6, 6.07) is 2.03. The number of nitrogens with one attached hydrogen (secondary N) is 1. The molecular weight excluding hydrogens is 268 g/mol. The number of hydrogen-bond donors (Lipinski definition) is 1. The van der Waals surface area contributed by atoms with Crippen molar-refractivity contribution in [2.24, 2.45) is 0 Å². The molecule has 0 atom stereocenters. The number of methoxy groups -OCH3 is 1. The minimum atomic E-state index is 0.740. The van der Waals surface area contributed by atoms with Crippen LogP contribution in [-0.2, 0) is 17.7 Å². The standard InChI is InChI=1S/C15H24N4O2/c1-4-19-13(10-12(2)18-19)14-11-17-15(21-14)6-5-7-16-8-9-20-3/h10-11,16H,4-9H2,1-3H3. The van der Waals surface area contributed by atoms with E-state index in [0.29, 0.717) is 0 Å². The zero-order valence-electron chi connectivity index (χ0n) is 13.1. The second kappa shape index (κ2) is 7.95. The zero-order chi connectivity index (χ0) is 15.1. The van der Waals surface area contributed by atoms with E-state index < -0.39 is 0 Å². The Morgan fingerprint density at radius 1 is 1.38 bits per heavy atom. The molecule has 0 aliphatic heterocycles. The second-order valence-corrected chi connectivity index (χ2v) is 4.95. The quantitative estimate of drug-likeness (QED) is 0.716. The summed E-state index contributed by atoms with van der Waals surface area (Å²) in [6.45, 7) is 7.43. The third kappa shape index (κ3) is 4.41. The maximum absolute atomic E-state index is 5.83. The van der Waals surface area contributed by atoms with Gasteiger partial charge in [0.25, 0.3) is 0 Å². The highest BCUT2D eigenvalue weighted by atomic mass is 16.5. The SMILES string of the molecule is CCn1nc(C)cc1-c1cnc(CCCNCCOC)o1. The molecular formula is C15H24N4O2. The smallest absolute Gasteiger partial charge is 0.195 e. The molecule has 116 valence electrons. The lowest BCUT2D eigenvalue weighted by Crippen LogP contribution is -2.20. The number of nitrogens with zero attached hydrogens (tertiary/aromatic N) is 3. The van der Waals surface area contributed by atoms with Gasteiger partial charge < -0.3 is 14.5 Å². The number of rotatable bonds is 9. The summed E-state index contributed by atoms with van der Waals surface area (Å²) in [5.74, 6) is 1.57. The minimum Gasteiger partial charge on any atom is -0.439 e. The van der Waals surface area contributed by atoms with Gasteiger partial charge in [-0.15, -0.1) is 0 Å². The van der Waals surface area contributed by atoms with Gasteiger partial charge in [-0.05, 0) is 32.9 Å². The van der Waals surface area contributed by atoms with Crippen LogP contribution in [0.2, 0.25) is 0 Å². The molecule has 2 aromatic heterocycles. The lowest BCUT2D eigenvalue weighted by Gasteiger charge is -2.02. The topological polar surface area (TPSA) is 65.1 Å². The molecule has 0 unspecified atom stereocenters. The molecule has 0 aliphatic carbocycles. The van der Waals surface area contributed by atoms with Crippen molar-refractivity contribution >= 4 is 0 Å². The molecule has 2 heterocycles. The van der Waals surface area contributed by atoms with E-state index in [1.807, 2.05) is 17.7 Å². The third-order valence-corrected chi connectivity index (χ3v) is 3.23. The van der Waals surface area contributed by atoms with E-state index in [4.69, 9.17) is 9.15 Å². The molecule has 0 fully saturated rings. The first-order chi connectivity index (χ1) is 10.2. The highest BCUT2D eigenvalue weighted by Crippen LogP contribution is 2.21. The van der Waals surface area contributed by atoms with Crippen molar-refractivity contribution < 1.29 is 9.15 Å². The molecule has 0 radical (unpaired) electrons. The summed E-state index contributed by atoms with van der Waals surface area (Å²) in [6.07, 6.45) is 3.62. The molecule has 0 aromatic carbocycles. The van der Waals surface area contributed by atoms with Crippen molar-refractivity contribution in [2.45, 2.75) is 33.2 Å². The molecule has 0 saturated heterocycles. The molecule has 0 spiro atoms. The van der Waals surface area contributed by atoms with E-state index >= 15 is 0 Å². The molecule has 2 aromatic rings. The van der Waals surface area contributed by atoms with Crippen molar-refractivity contribution in [2.75, 3.05) is 26.8 Å². The minimum absolute atomic E-state index is 0.740. The first kappa shape index (κ1) is 15.7. The summed E-state index contributed by atoms with van der Waals surface area (Å²) in [4.78, 5) is 4.35. The van der Waals surface area contributed by atoms with Crippen molar-refractivity contribution in [3.8, 4) is 11.5 Å². The Kier molecular flexibility index (Phi) is 5.95. The van der Waals surface area contributed by atoms with Gasteiger partial charge in [0, 0.05) is 26.6 Å². The fraction of sp³-hybridized carbons (Fsp3) is 0.600. The van der Waals surface area contributed by atoms with Crippen LogP contribution >= 0.6 is 0 Å². The Morgan fingerprint density at radius 3 is 3.00 bits per heavy atom. The average Bonchev–Trinajstić information content (AvgIpc) is 3.08. The van der Waals surface area contributed by atoms with Crippen LogP contribution in [0.25, 0.3) is 11.5 Å². The summed E-state index contributed by atoms with van der Waals surface area (Å²) < 4.78 is 12.7. The molecule has 6 heteroatoms. The lowest BCUT2D eigenvalue weighted by atomic mass is 10.3. The van der Waals surface area contributed by atoms with Gasteiger partial charge in [0.2, 0.25) is 0 Å². The van der Waals surface area contributed by atoms with E-state index in [1.54, 1.807) is 13.3 Å². The van der Waals surface area contributed by atoms with Gasteiger partial charge in [-0.2, -0.15) is 5.10 Å². The summed E-state index contributed by atoms with van der Waals surface area (Å²) in [7, 11) is 1.71. The van der Waals surface area contributed by atoms with Crippen molar-refractivity contribution in [1.82, 2.24) is 20.1 Å². The van der Waals surface area contributed by atoms with Gasteiger partial charge in [-0.1, -0.05) is 0 Å². The second-order valence-electron chi connectivity index (χ2n) is 4.95. The van der Waals surface area contributed by atoms with E-state index in [9.17, 15) is 0 Å².